The molecule has 1 saturated carbocycles. The van der Waals surface area contributed by atoms with Crippen molar-refractivity contribution in [3.05, 3.63) is 0 Å². The first-order valence-corrected chi connectivity index (χ1v) is 7.66. The summed E-state index contributed by atoms with van der Waals surface area (Å²) >= 11 is 0. The van der Waals surface area contributed by atoms with Crippen LogP contribution in [-0.4, -0.2) is 37.0 Å². The molecule has 0 spiro atoms. The normalized spacial score (nSPS) is 30.8. The first-order valence-electron chi connectivity index (χ1n) is 7.66. The van der Waals surface area contributed by atoms with E-state index in [0.717, 1.165) is 19.5 Å². The minimum absolute atomic E-state index is 0.210. The predicted octanol–water partition coefficient (Wildman–Crippen LogP) is 2.41. The Morgan fingerprint density at radius 3 is 2.39 bits per heavy atom. The third-order valence-electron chi connectivity index (χ3n) is 4.64. The molecule has 2 rings (SSSR count). The Bertz CT molecular complexity index is 272. The number of hydrogen-bond acceptors (Lipinski definition) is 2. The van der Waals surface area contributed by atoms with E-state index in [4.69, 9.17) is 0 Å². The van der Waals surface area contributed by atoms with Gasteiger partial charge in [-0.1, -0.05) is 32.6 Å². The average Bonchev–Trinajstić information content (AvgIpc) is 2.66. The second-order valence-electron chi connectivity index (χ2n) is 6.29. The summed E-state index contributed by atoms with van der Waals surface area (Å²) in [6.07, 6.45) is 8.75. The maximum absolute atomic E-state index is 12.5. The van der Waals surface area contributed by atoms with E-state index in [1.807, 2.05) is 7.05 Å². The average molecular weight is 252 g/mol. The fourth-order valence-electron chi connectivity index (χ4n) is 3.46. The molecule has 1 amide bonds. The van der Waals surface area contributed by atoms with Crippen molar-refractivity contribution in [2.24, 2.45) is 11.8 Å². The van der Waals surface area contributed by atoms with E-state index in [1.54, 1.807) is 0 Å². The highest BCUT2D eigenvalue weighted by molar-refractivity contribution is 5.79. The van der Waals surface area contributed by atoms with Gasteiger partial charge in [0.1, 0.15) is 0 Å². The zero-order chi connectivity index (χ0) is 13.0. The number of carbonyl (C=O) groups is 1. The van der Waals surface area contributed by atoms with Crippen molar-refractivity contribution < 1.29 is 4.79 Å². The van der Waals surface area contributed by atoms with Crippen LogP contribution in [0.3, 0.4) is 0 Å². The summed E-state index contributed by atoms with van der Waals surface area (Å²) in [6.45, 7) is 4.18. The molecule has 3 nitrogen and oxygen atoms in total. The maximum atomic E-state index is 12.5. The quantitative estimate of drug-likeness (QED) is 0.766. The second kappa shape index (κ2) is 6.55. The van der Waals surface area contributed by atoms with E-state index < -0.39 is 0 Å². The van der Waals surface area contributed by atoms with Crippen molar-refractivity contribution in [3.63, 3.8) is 0 Å². The van der Waals surface area contributed by atoms with E-state index in [-0.39, 0.29) is 5.92 Å². The topological polar surface area (TPSA) is 32.3 Å². The lowest BCUT2D eigenvalue weighted by Crippen LogP contribution is -2.47. The van der Waals surface area contributed by atoms with Gasteiger partial charge in [0.2, 0.25) is 5.91 Å². The molecule has 0 aromatic carbocycles. The summed E-state index contributed by atoms with van der Waals surface area (Å²) in [5.41, 5.74) is 0. The van der Waals surface area contributed by atoms with E-state index in [9.17, 15) is 4.79 Å². The number of rotatable bonds is 2. The number of nitrogens with one attached hydrogen (secondary N) is 1. The molecule has 104 valence electrons. The molecule has 1 N–H and O–H groups in total. The van der Waals surface area contributed by atoms with Crippen LogP contribution in [0.25, 0.3) is 0 Å². The van der Waals surface area contributed by atoms with Crippen molar-refractivity contribution in [3.8, 4) is 0 Å². The lowest BCUT2D eigenvalue weighted by Gasteiger charge is -2.34. The van der Waals surface area contributed by atoms with E-state index in [0.29, 0.717) is 17.9 Å². The molecule has 2 atom stereocenters. The van der Waals surface area contributed by atoms with Gasteiger partial charge >= 0.3 is 0 Å². The van der Waals surface area contributed by atoms with Gasteiger partial charge in [0.25, 0.3) is 0 Å². The summed E-state index contributed by atoms with van der Waals surface area (Å²) in [7, 11) is 2.03. The number of hydrogen-bond donors (Lipinski definition) is 1. The maximum Gasteiger partial charge on any atom is 0.226 e. The molecule has 2 fully saturated rings. The largest absolute Gasteiger partial charge is 0.342 e. The fraction of sp³-hybridized carbons (Fsp3) is 0.933. The summed E-state index contributed by atoms with van der Waals surface area (Å²) < 4.78 is 0. The van der Waals surface area contributed by atoms with Crippen LogP contribution in [0.4, 0.5) is 0 Å². The van der Waals surface area contributed by atoms with Gasteiger partial charge < -0.3 is 10.2 Å². The van der Waals surface area contributed by atoms with Crippen molar-refractivity contribution >= 4 is 5.91 Å². The Morgan fingerprint density at radius 2 is 1.78 bits per heavy atom. The number of amides is 1. The number of piperidine rings is 1. The highest BCUT2D eigenvalue weighted by atomic mass is 16.2. The van der Waals surface area contributed by atoms with Crippen molar-refractivity contribution in [1.82, 2.24) is 10.2 Å². The van der Waals surface area contributed by atoms with E-state index in [2.05, 4.69) is 17.1 Å². The van der Waals surface area contributed by atoms with Gasteiger partial charge in [-0.15, -0.1) is 0 Å². The van der Waals surface area contributed by atoms with Crippen molar-refractivity contribution in [1.29, 1.82) is 0 Å². The molecular weight excluding hydrogens is 224 g/mol. The van der Waals surface area contributed by atoms with E-state index >= 15 is 0 Å². The van der Waals surface area contributed by atoms with Gasteiger partial charge in [0, 0.05) is 19.6 Å². The molecular formula is C15H28N2O. The first kappa shape index (κ1) is 13.9. The smallest absolute Gasteiger partial charge is 0.226 e. The molecule has 0 aromatic rings. The Hall–Kier alpha value is -0.570. The Labute approximate surface area is 111 Å². The van der Waals surface area contributed by atoms with Gasteiger partial charge in [-0.05, 0) is 31.7 Å². The number of carbonyl (C=O) groups excluding carboxylic acids is 1. The second-order valence-corrected chi connectivity index (χ2v) is 6.29. The molecule has 1 saturated heterocycles. The highest BCUT2D eigenvalue weighted by Gasteiger charge is 2.30. The molecule has 0 radical (unpaired) electrons. The molecule has 0 aromatic heterocycles. The third-order valence-corrected chi connectivity index (χ3v) is 4.64. The minimum Gasteiger partial charge on any atom is -0.342 e. The summed E-state index contributed by atoms with van der Waals surface area (Å²) in [5.74, 6) is 1.22. The summed E-state index contributed by atoms with van der Waals surface area (Å²) in [5, 5.41) is 3.39. The predicted molar refractivity (Wildman–Crippen MR) is 74.4 cm³/mol. The first-order chi connectivity index (χ1) is 8.68. The molecule has 1 aliphatic carbocycles. The number of nitrogens with zero attached hydrogens (tertiary/aromatic N) is 1. The van der Waals surface area contributed by atoms with Crippen LogP contribution in [0.2, 0.25) is 0 Å². The minimum atomic E-state index is 0.210. The Morgan fingerprint density at radius 1 is 1.11 bits per heavy atom. The van der Waals surface area contributed by atoms with Crippen LogP contribution >= 0.6 is 0 Å². The molecule has 3 heteroatoms. The summed E-state index contributed by atoms with van der Waals surface area (Å²) in [4.78, 5) is 14.6. The Kier molecular flexibility index (Phi) is 5.04. The summed E-state index contributed by atoms with van der Waals surface area (Å²) in [6, 6.07) is 0.497. The van der Waals surface area contributed by atoms with Gasteiger partial charge in [0.05, 0.1) is 5.92 Å². The van der Waals surface area contributed by atoms with Gasteiger partial charge in [-0.25, -0.2) is 0 Å². The van der Waals surface area contributed by atoms with Crippen LogP contribution in [-0.2, 0) is 4.79 Å². The molecule has 0 bridgehead atoms. The van der Waals surface area contributed by atoms with Crippen LogP contribution in [0.1, 0.15) is 51.9 Å². The third kappa shape index (κ3) is 3.47. The van der Waals surface area contributed by atoms with Crippen LogP contribution < -0.4 is 5.32 Å². The fourth-order valence-corrected chi connectivity index (χ4v) is 3.46. The Balaban J connectivity index is 1.90. The van der Waals surface area contributed by atoms with Gasteiger partial charge in [-0.2, -0.15) is 0 Å². The van der Waals surface area contributed by atoms with E-state index in [1.165, 1.54) is 38.5 Å². The molecule has 2 aliphatic rings. The molecule has 2 unspecified atom stereocenters. The molecule has 1 aliphatic heterocycles. The zero-order valence-corrected chi connectivity index (χ0v) is 12.0. The standard InChI is InChI=1S/C15H28N2O/c1-12-9-13(11-16-10-12)15(18)17(2)14-7-5-3-4-6-8-14/h12-14,16H,3-11H2,1-2H3. The zero-order valence-electron chi connectivity index (χ0n) is 12.0. The lowest BCUT2D eigenvalue weighted by atomic mass is 9.90. The SMILES string of the molecule is CC1CNCC(C(=O)N(C)C2CCCCCC2)C1. The molecule has 18 heavy (non-hydrogen) atoms. The lowest BCUT2D eigenvalue weighted by molar-refractivity contribution is -0.137. The van der Waals surface area contributed by atoms with Crippen molar-refractivity contribution in [2.45, 2.75) is 57.9 Å². The van der Waals surface area contributed by atoms with Gasteiger partial charge in [-0.3, -0.25) is 4.79 Å². The molecule has 1 heterocycles. The monoisotopic (exact) mass is 252 g/mol. The van der Waals surface area contributed by atoms with Crippen LogP contribution in [0.5, 0.6) is 0 Å². The van der Waals surface area contributed by atoms with Crippen molar-refractivity contribution in [2.75, 3.05) is 20.1 Å². The van der Waals surface area contributed by atoms with Crippen LogP contribution in [0.15, 0.2) is 0 Å². The van der Waals surface area contributed by atoms with Gasteiger partial charge in [0.15, 0.2) is 0 Å². The highest BCUT2D eigenvalue weighted by Crippen LogP contribution is 2.24. The van der Waals surface area contributed by atoms with Crippen LogP contribution in [0, 0.1) is 11.8 Å².